The van der Waals surface area contributed by atoms with Crippen molar-refractivity contribution in [3.63, 3.8) is 0 Å². The van der Waals surface area contributed by atoms with E-state index in [0.29, 0.717) is 11.3 Å². The van der Waals surface area contributed by atoms with Crippen LogP contribution in [0.15, 0.2) is 12.3 Å². The quantitative estimate of drug-likeness (QED) is 0.584. The molecule has 0 aromatic carbocycles. The maximum Gasteiger partial charge on any atom is 0.0492 e. The van der Waals surface area contributed by atoms with Gasteiger partial charge in [-0.25, -0.2) is 0 Å². The molecular formula is C13H21ClN2. The molecule has 1 aromatic heterocycles. The summed E-state index contributed by atoms with van der Waals surface area (Å²) in [6, 6.07) is 2.11. The summed E-state index contributed by atoms with van der Waals surface area (Å²) in [4.78, 5) is 0. The molecule has 1 aliphatic carbocycles. The van der Waals surface area contributed by atoms with Crippen LogP contribution < -0.4 is 0 Å². The van der Waals surface area contributed by atoms with Gasteiger partial charge in [-0.05, 0) is 37.7 Å². The molecule has 1 aromatic rings. The Bertz CT molecular complexity index is 321. The van der Waals surface area contributed by atoms with Crippen LogP contribution in [0, 0.1) is 5.92 Å². The zero-order valence-corrected chi connectivity index (χ0v) is 10.8. The van der Waals surface area contributed by atoms with Gasteiger partial charge in [0.25, 0.3) is 0 Å². The molecule has 90 valence electrons. The lowest BCUT2D eigenvalue weighted by molar-refractivity contribution is 0.429. The molecule has 1 saturated carbocycles. The lowest BCUT2D eigenvalue weighted by Gasteiger charge is -2.19. The number of aryl methyl sites for hydroxylation is 2. The zero-order valence-electron chi connectivity index (χ0n) is 10.0. The summed E-state index contributed by atoms with van der Waals surface area (Å²) in [6.07, 6.45) is 10.8. The van der Waals surface area contributed by atoms with Crippen LogP contribution in [-0.4, -0.2) is 15.2 Å². The average Bonchev–Trinajstić information content (AvgIpc) is 2.56. The third kappa shape index (κ3) is 3.00. The molecule has 2 unspecified atom stereocenters. The third-order valence-electron chi connectivity index (χ3n) is 3.76. The molecular weight excluding hydrogens is 220 g/mol. The topological polar surface area (TPSA) is 17.8 Å². The van der Waals surface area contributed by atoms with Crippen LogP contribution >= 0.6 is 11.6 Å². The Hall–Kier alpha value is -0.500. The summed E-state index contributed by atoms with van der Waals surface area (Å²) in [6.45, 7) is 0. The molecule has 1 fully saturated rings. The second kappa shape index (κ2) is 5.72. The summed E-state index contributed by atoms with van der Waals surface area (Å²) < 4.78 is 1.97. The van der Waals surface area contributed by atoms with E-state index in [2.05, 4.69) is 11.2 Å². The fourth-order valence-electron chi connectivity index (χ4n) is 2.64. The standard InChI is InChI=1S/C13H21ClN2/c1-16-12(9-10-15-16)8-7-11-5-3-2-4-6-13(11)14/h9-11,13H,2-8H2,1H3. The number of nitrogens with zero attached hydrogens (tertiary/aromatic N) is 2. The molecule has 0 bridgehead atoms. The van der Waals surface area contributed by atoms with Crippen molar-refractivity contribution in [3.05, 3.63) is 18.0 Å². The second-order valence-electron chi connectivity index (χ2n) is 4.90. The van der Waals surface area contributed by atoms with Gasteiger partial charge in [-0.2, -0.15) is 5.10 Å². The normalized spacial score (nSPS) is 26.6. The molecule has 0 amide bonds. The van der Waals surface area contributed by atoms with E-state index in [-0.39, 0.29) is 0 Å². The summed E-state index contributed by atoms with van der Waals surface area (Å²) in [7, 11) is 2.01. The minimum absolute atomic E-state index is 0.399. The van der Waals surface area contributed by atoms with Crippen molar-refractivity contribution in [3.8, 4) is 0 Å². The first-order chi connectivity index (χ1) is 7.77. The van der Waals surface area contributed by atoms with Gasteiger partial charge in [0, 0.05) is 24.3 Å². The molecule has 2 rings (SSSR count). The maximum absolute atomic E-state index is 6.44. The van der Waals surface area contributed by atoms with Gasteiger partial charge >= 0.3 is 0 Å². The van der Waals surface area contributed by atoms with Crippen molar-refractivity contribution < 1.29 is 0 Å². The van der Waals surface area contributed by atoms with Gasteiger partial charge in [-0.1, -0.05) is 19.3 Å². The van der Waals surface area contributed by atoms with Gasteiger partial charge in [0.15, 0.2) is 0 Å². The highest BCUT2D eigenvalue weighted by molar-refractivity contribution is 6.20. The maximum atomic E-state index is 6.44. The number of hydrogen-bond acceptors (Lipinski definition) is 1. The molecule has 0 spiro atoms. The molecule has 0 saturated heterocycles. The van der Waals surface area contributed by atoms with Crippen molar-refractivity contribution in [2.24, 2.45) is 13.0 Å². The van der Waals surface area contributed by atoms with Gasteiger partial charge < -0.3 is 0 Å². The second-order valence-corrected chi connectivity index (χ2v) is 5.46. The number of rotatable bonds is 3. The molecule has 0 N–H and O–H groups in total. The van der Waals surface area contributed by atoms with Crippen LogP contribution in [0.1, 0.15) is 44.2 Å². The lowest BCUT2D eigenvalue weighted by Crippen LogP contribution is -2.14. The van der Waals surface area contributed by atoms with Crippen molar-refractivity contribution in [2.75, 3.05) is 0 Å². The highest BCUT2D eigenvalue weighted by atomic mass is 35.5. The molecule has 16 heavy (non-hydrogen) atoms. The highest BCUT2D eigenvalue weighted by Gasteiger charge is 2.21. The Morgan fingerprint density at radius 1 is 1.38 bits per heavy atom. The molecule has 3 heteroatoms. The summed E-state index contributed by atoms with van der Waals surface area (Å²) in [5.41, 5.74) is 1.33. The predicted molar refractivity (Wildman–Crippen MR) is 67.7 cm³/mol. The van der Waals surface area contributed by atoms with Gasteiger partial charge in [-0.15, -0.1) is 11.6 Å². The van der Waals surface area contributed by atoms with Crippen molar-refractivity contribution in [1.82, 2.24) is 9.78 Å². The first-order valence-electron chi connectivity index (χ1n) is 6.38. The number of aromatic nitrogens is 2. The first-order valence-corrected chi connectivity index (χ1v) is 6.82. The summed E-state index contributed by atoms with van der Waals surface area (Å²) in [5.74, 6) is 0.707. The van der Waals surface area contributed by atoms with E-state index in [9.17, 15) is 0 Å². The van der Waals surface area contributed by atoms with Crippen molar-refractivity contribution in [2.45, 2.75) is 50.3 Å². The molecule has 1 aliphatic rings. The van der Waals surface area contributed by atoms with Crippen molar-refractivity contribution in [1.29, 1.82) is 0 Å². The first kappa shape index (κ1) is 12.0. The van der Waals surface area contributed by atoms with E-state index in [1.165, 1.54) is 44.2 Å². The van der Waals surface area contributed by atoms with Crippen LogP contribution in [0.25, 0.3) is 0 Å². The van der Waals surface area contributed by atoms with Crippen molar-refractivity contribution >= 4 is 11.6 Å². The monoisotopic (exact) mass is 240 g/mol. The average molecular weight is 241 g/mol. The minimum atomic E-state index is 0.399. The van der Waals surface area contributed by atoms with E-state index in [1.54, 1.807) is 0 Å². The fourth-order valence-corrected chi connectivity index (χ4v) is 3.05. The Morgan fingerprint density at radius 2 is 2.19 bits per heavy atom. The Labute approximate surface area is 103 Å². The zero-order chi connectivity index (χ0) is 11.4. The summed E-state index contributed by atoms with van der Waals surface area (Å²) >= 11 is 6.44. The van der Waals surface area contributed by atoms with Gasteiger partial charge in [-0.3, -0.25) is 4.68 Å². The predicted octanol–water partition coefficient (Wildman–Crippen LogP) is 3.54. The van der Waals surface area contributed by atoms with Crippen LogP contribution in [0.3, 0.4) is 0 Å². The summed E-state index contributed by atoms with van der Waals surface area (Å²) in [5, 5.41) is 4.60. The molecule has 2 atom stereocenters. The SMILES string of the molecule is Cn1nccc1CCC1CCCCCC1Cl. The third-order valence-corrected chi connectivity index (χ3v) is 4.33. The smallest absolute Gasteiger partial charge is 0.0492 e. The van der Waals surface area contributed by atoms with Crippen LogP contribution in [0.2, 0.25) is 0 Å². The Morgan fingerprint density at radius 3 is 2.94 bits per heavy atom. The Kier molecular flexibility index (Phi) is 4.28. The van der Waals surface area contributed by atoms with E-state index in [0.717, 1.165) is 6.42 Å². The van der Waals surface area contributed by atoms with Gasteiger partial charge in [0.1, 0.15) is 0 Å². The number of halogens is 1. The van der Waals surface area contributed by atoms with Crippen LogP contribution in [-0.2, 0) is 13.5 Å². The Balaban J connectivity index is 1.86. The molecule has 0 radical (unpaired) electrons. The molecule has 2 nitrogen and oxygen atoms in total. The van der Waals surface area contributed by atoms with Gasteiger partial charge in [0.2, 0.25) is 0 Å². The lowest BCUT2D eigenvalue weighted by atomic mass is 9.94. The number of hydrogen-bond donors (Lipinski definition) is 0. The largest absolute Gasteiger partial charge is 0.273 e. The van der Waals surface area contributed by atoms with E-state index in [4.69, 9.17) is 11.6 Å². The minimum Gasteiger partial charge on any atom is -0.273 e. The van der Waals surface area contributed by atoms with Gasteiger partial charge in [0.05, 0.1) is 0 Å². The molecule has 0 aliphatic heterocycles. The van der Waals surface area contributed by atoms with Crippen LogP contribution in [0.4, 0.5) is 0 Å². The fraction of sp³-hybridized carbons (Fsp3) is 0.769. The van der Waals surface area contributed by atoms with E-state index < -0.39 is 0 Å². The highest BCUT2D eigenvalue weighted by Crippen LogP contribution is 2.30. The van der Waals surface area contributed by atoms with E-state index >= 15 is 0 Å². The molecule has 1 heterocycles. The van der Waals surface area contributed by atoms with E-state index in [1.807, 2.05) is 17.9 Å². The van der Waals surface area contributed by atoms with Crippen LogP contribution in [0.5, 0.6) is 0 Å². The number of alkyl halides is 1.